The minimum Gasteiger partial charge on any atom is -0.479 e. The Kier molecular flexibility index (Phi) is 5.03. The smallest absolute Gasteiger partial charge is 0.265 e. The van der Waals surface area contributed by atoms with Gasteiger partial charge in [-0.3, -0.25) is 19.0 Å². The molecule has 1 N–H and O–H groups in total. The standard InChI is InChI=1S/C23H16ClN3O4S/c1-12-21(29)26-17-8-14(4-7-19(17)31-12)18(28)9-27-11-25-22-20(23(27)30)16(10-32-22)13-2-5-15(24)6-3-13/h2-8,10-12H,9H2,1H3,(H,26,29). The quantitative estimate of drug-likeness (QED) is 0.452. The van der Waals surface area contributed by atoms with Crippen molar-refractivity contribution in [2.75, 3.05) is 5.32 Å². The lowest BCUT2D eigenvalue weighted by atomic mass is 10.1. The van der Waals surface area contributed by atoms with Gasteiger partial charge in [-0.15, -0.1) is 11.3 Å². The molecule has 160 valence electrons. The Morgan fingerprint density at radius 1 is 1.22 bits per heavy atom. The van der Waals surface area contributed by atoms with E-state index in [9.17, 15) is 14.4 Å². The van der Waals surface area contributed by atoms with E-state index in [4.69, 9.17) is 16.3 Å². The zero-order valence-electron chi connectivity index (χ0n) is 16.8. The molecular formula is C23H16ClN3O4S. The predicted octanol–water partition coefficient (Wildman–Crippen LogP) is 4.38. The number of benzene rings is 2. The lowest BCUT2D eigenvalue weighted by molar-refractivity contribution is -0.122. The lowest BCUT2D eigenvalue weighted by Crippen LogP contribution is -2.34. The zero-order chi connectivity index (χ0) is 22.4. The number of rotatable bonds is 4. The van der Waals surface area contributed by atoms with Crippen molar-refractivity contribution in [3.63, 3.8) is 0 Å². The average molecular weight is 466 g/mol. The fraction of sp³-hybridized carbons (Fsp3) is 0.130. The van der Waals surface area contributed by atoms with Crippen LogP contribution in [0.3, 0.4) is 0 Å². The summed E-state index contributed by atoms with van der Waals surface area (Å²) >= 11 is 7.35. The second-order valence-corrected chi connectivity index (χ2v) is 8.69. The number of fused-ring (bicyclic) bond motifs is 2. The largest absolute Gasteiger partial charge is 0.479 e. The number of ether oxygens (including phenoxy) is 1. The third-order valence-electron chi connectivity index (χ3n) is 5.26. The minimum absolute atomic E-state index is 0.179. The maximum Gasteiger partial charge on any atom is 0.265 e. The van der Waals surface area contributed by atoms with Crippen LogP contribution in [-0.4, -0.2) is 27.3 Å². The third-order valence-corrected chi connectivity index (χ3v) is 6.40. The highest BCUT2D eigenvalue weighted by molar-refractivity contribution is 7.17. The number of amides is 1. The molecule has 0 bridgehead atoms. The van der Waals surface area contributed by atoms with Gasteiger partial charge in [-0.2, -0.15) is 0 Å². The van der Waals surface area contributed by atoms with Crippen molar-refractivity contribution in [2.45, 2.75) is 19.6 Å². The van der Waals surface area contributed by atoms with Crippen LogP contribution in [0.2, 0.25) is 5.02 Å². The van der Waals surface area contributed by atoms with Crippen molar-refractivity contribution in [3.05, 3.63) is 75.1 Å². The van der Waals surface area contributed by atoms with Crippen LogP contribution >= 0.6 is 22.9 Å². The predicted molar refractivity (Wildman–Crippen MR) is 124 cm³/mol. The fourth-order valence-electron chi connectivity index (χ4n) is 3.55. The Hall–Kier alpha value is -3.49. The number of thiophene rings is 1. The molecule has 0 radical (unpaired) electrons. The first kappa shape index (κ1) is 20.4. The first-order chi connectivity index (χ1) is 15.4. The molecule has 0 spiro atoms. The summed E-state index contributed by atoms with van der Waals surface area (Å²) in [6.45, 7) is 1.47. The molecule has 1 atom stereocenters. The highest BCUT2D eigenvalue weighted by atomic mass is 35.5. The van der Waals surface area contributed by atoms with Crippen LogP contribution in [0.4, 0.5) is 5.69 Å². The number of Topliss-reactive ketones (excluding diaryl/α,β-unsaturated/α-hetero) is 1. The highest BCUT2D eigenvalue weighted by Crippen LogP contribution is 2.32. The van der Waals surface area contributed by atoms with Gasteiger partial charge >= 0.3 is 0 Å². The van der Waals surface area contributed by atoms with Gasteiger partial charge in [0, 0.05) is 21.5 Å². The summed E-state index contributed by atoms with van der Waals surface area (Å²) in [5.41, 5.74) is 2.10. The number of nitrogens with one attached hydrogen (secondary N) is 1. The van der Waals surface area contributed by atoms with Crippen LogP contribution in [-0.2, 0) is 11.3 Å². The summed E-state index contributed by atoms with van der Waals surface area (Å²) in [6.07, 6.45) is 0.788. The number of halogens is 1. The SMILES string of the molecule is CC1Oc2ccc(C(=O)Cn3cnc4scc(-c5ccc(Cl)cc5)c4c3=O)cc2NC1=O. The molecule has 5 rings (SSSR count). The first-order valence-electron chi connectivity index (χ1n) is 9.78. The maximum atomic E-state index is 13.2. The number of carbonyl (C=O) groups is 2. The normalized spacial score (nSPS) is 15.2. The Morgan fingerprint density at radius 3 is 2.78 bits per heavy atom. The van der Waals surface area contributed by atoms with Crippen molar-refractivity contribution >= 4 is 50.5 Å². The number of hydrogen-bond donors (Lipinski definition) is 1. The summed E-state index contributed by atoms with van der Waals surface area (Å²) in [5.74, 6) is -0.0628. The van der Waals surface area contributed by atoms with Crippen molar-refractivity contribution in [2.24, 2.45) is 0 Å². The highest BCUT2D eigenvalue weighted by Gasteiger charge is 2.24. The van der Waals surface area contributed by atoms with Crippen LogP contribution in [0, 0.1) is 0 Å². The fourth-order valence-corrected chi connectivity index (χ4v) is 4.58. The van der Waals surface area contributed by atoms with Crippen LogP contribution in [0.25, 0.3) is 21.3 Å². The number of aromatic nitrogens is 2. The molecule has 0 fully saturated rings. The van der Waals surface area contributed by atoms with Gasteiger partial charge in [0.25, 0.3) is 11.5 Å². The summed E-state index contributed by atoms with van der Waals surface area (Å²) < 4.78 is 6.82. The monoisotopic (exact) mass is 465 g/mol. The summed E-state index contributed by atoms with van der Waals surface area (Å²) in [4.78, 5) is 42.9. The van der Waals surface area contributed by atoms with E-state index < -0.39 is 6.10 Å². The number of anilines is 1. The molecule has 1 unspecified atom stereocenters. The van der Waals surface area contributed by atoms with Crippen molar-refractivity contribution in [1.82, 2.24) is 9.55 Å². The Labute approximate surface area is 191 Å². The minimum atomic E-state index is -0.596. The van der Waals surface area contributed by atoms with E-state index in [1.54, 1.807) is 37.3 Å². The Morgan fingerprint density at radius 2 is 2.00 bits per heavy atom. The third kappa shape index (κ3) is 3.57. The number of carbonyl (C=O) groups excluding carboxylic acids is 2. The van der Waals surface area contributed by atoms with Crippen LogP contribution < -0.4 is 15.6 Å². The number of hydrogen-bond acceptors (Lipinski definition) is 6. The molecule has 2 aromatic heterocycles. The van der Waals surface area contributed by atoms with Gasteiger partial charge in [0.05, 0.1) is 23.9 Å². The van der Waals surface area contributed by atoms with Gasteiger partial charge in [-0.1, -0.05) is 23.7 Å². The van der Waals surface area contributed by atoms with Crippen LogP contribution in [0.5, 0.6) is 5.75 Å². The topological polar surface area (TPSA) is 90.3 Å². The number of ketones is 1. The molecule has 0 aliphatic carbocycles. The second-order valence-electron chi connectivity index (χ2n) is 7.40. The molecule has 0 saturated heterocycles. The van der Waals surface area contributed by atoms with Gasteiger partial charge in [-0.25, -0.2) is 4.98 Å². The van der Waals surface area contributed by atoms with Crippen molar-refractivity contribution in [3.8, 4) is 16.9 Å². The molecule has 1 amide bonds. The molecule has 0 saturated carbocycles. The molecule has 3 heterocycles. The van der Waals surface area contributed by atoms with Crippen LogP contribution in [0.15, 0.2) is 59.0 Å². The van der Waals surface area contributed by atoms with Gasteiger partial charge < -0.3 is 10.1 Å². The van der Waals surface area contributed by atoms with E-state index in [0.29, 0.717) is 32.2 Å². The maximum absolute atomic E-state index is 13.2. The van der Waals surface area contributed by atoms with E-state index >= 15 is 0 Å². The molecule has 7 nitrogen and oxygen atoms in total. The van der Waals surface area contributed by atoms with E-state index in [2.05, 4.69) is 10.3 Å². The molecule has 4 aromatic rings. The second kappa shape index (κ2) is 7.89. The average Bonchev–Trinajstić information content (AvgIpc) is 3.21. The van der Waals surface area contributed by atoms with Gasteiger partial charge in [-0.05, 0) is 42.8 Å². The Bertz CT molecular complexity index is 1440. The van der Waals surface area contributed by atoms with E-state index in [1.165, 1.54) is 22.2 Å². The number of nitrogens with zero attached hydrogens (tertiary/aromatic N) is 2. The molecule has 9 heteroatoms. The molecular weight excluding hydrogens is 450 g/mol. The molecule has 1 aliphatic rings. The van der Waals surface area contributed by atoms with E-state index in [0.717, 1.165) is 11.1 Å². The summed E-state index contributed by atoms with van der Waals surface area (Å²) in [6, 6.07) is 12.0. The lowest BCUT2D eigenvalue weighted by Gasteiger charge is -2.23. The molecule has 32 heavy (non-hydrogen) atoms. The van der Waals surface area contributed by atoms with Crippen molar-refractivity contribution in [1.29, 1.82) is 0 Å². The van der Waals surface area contributed by atoms with E-state index in [-0.39, 0.29) is 23.8 Å². The van der Waals surface area contributed by atoms with Gasteiger partial charge in [0.15, 0.2) is 11.9 Å². The Balaban J connectivity index is 1.48. The van der Waals surface area contributed by atoms with E-state index in [1.807, 2.05) is 17.5 Å². The molecule has 2 aromatic carbocycles. The van der Waals surface area contributed by atoms with Crippen molar-refractivity contribution < 1.29 is 14.3 Å². The zero-order valence-corrected chi connectivity index (χ0v) is 18.4. The van der Waals surface area contributed by atoms with Gasteiger partial charge in [0.1, 0.15) is 10.6 Å². The molecule has 1 aliphatic heterocycles. The van der Waals surface area contributed by atoms with Crippen LogP contribution in [0.1, 0.15) is 17.3 Å². The van der Waals surface area contributed by atoms with Gasteiger partial charge in [0.2, 0.25) is 0 Å². The summed E-state index contributed by atoms with van der Waals surface area (Å²) in [7, 11) is 0. The summed E-state index contributed by atoms with van der Waals surface area (Å²) in [5, 5.41) is 5.67. The first-order valence-corrected chi connectivity index (χ1v) is 11.0.